The van der Waals surface area contributed by atoms with Crippen molar-refractivity contribution in [2.45, 2.75) is 36.4 Å². The first-order valence-electron chi connectivity index (χ1n) is 7.55. The molecule has 0 aliphatic rings. The van der Waals surface area contributed by atoms with Gasteiger partial charge in [0.05, 0.1) is 5.02 Å². The Hall–Kier alpha value is -1.94. The average molecular weight is 392 g/mol. The van der Waals surface area contributed by atoms with Gasteiger partial charge in [-0.2, -0.15) is 0 Å². The topological polar surface area (TPSA) is 69.6 Å². The number of nitrogen functional groups attached to an aromatic ring is 1. The first kappa shape index (κ1) is 17.9. The molecule has 25 heavy (non-hydrogen) atoms. The van der Waals surface area contributed by atoms with Crippen LogP contribution in [0.3, 0.4) is 0 Å². The van der Waals surface area contributed by atoms with E-state index in [9.17, 15) is 0 Å². The molecule has 0 fully saturated rings. The smallest absolute Gasteiger partial charge is 0.175 e. The third kappa shape index (κ3) is 3.69. The SMILES string of the molecule is C#CCCCn1c(Sc2cc(Cl)cc(C)c2Cl)nc2c(N)ncnc21. The van der Waals surface area contributed by atoms with Gasteiger partial charge in [-0.15, -0.1) is 12.3 Å². The molecule has 0 saturated carbocycles. The minimum Gasteiger partial charge on any atom is -0.382 e. The summed E-state index contributed by atoms with van der Waals surface area (Å²) < 4.78 is 1.99. The summed E-state index contributed by atoms with van der Waals surface area (Å²) in [6.45, 7) is 2.59. The maximum Gasteiger partial charge on any atom is 0.175 e. The van der Waals surface area contributed by atoms with Crippen molar-refractivity contribution in [2.75, 3.05) is 5.73 Å². The highest BCUT2D eigenvalue weighted by Crippen LogP contribution is 2.38. The van der Waals surface area contributed by atoms with E-state index in [0.29, 0.717) is 40.0 Å². The molecule has 0 radical (unpaired) electrons. The third-order valence-electron chi connectivity index (χ3n) is 3.62. The van der Waals surface area contributed by atoms with Gasteiger partial charge in [-0.25, -0.2) is 15.0 Å². The third-order valence-corrected chi connectivity index (χ3v) is 5.48. The van der Waals surface area contributed by atoms with Crippen LogP contribution in [-0.2, 0) is 6.54 Å². The van der Waals surface area contributed by atoms with Crippen LogP contribution in [0.1, 0.15) is 18.4 Å². The van der Waals surface area contributed by atoms with E-state index in [1.807, 2.05) is 23.6 Å². The predicted molar refractivity (Wildman–Crippen MR) is 103 cm³/mol. The number of imidazole rings is 1. The average Bonchev–Trinajstić information content (AvgIpc) is 2.92. The number of hydrogen-bond acceptors (Lipinski definition) is 5. The molecule has 128 valence electrons. The summed E-state index contributed by atoms with van der Waals surface area (Å²) >= 11 is 14.0. The van der Waals surface area contributed by atoms with E-state index in [0.717, 1.165) is 22.0 Å². The number of halogens is 2. The normalized spacial score (nSPS) is 11.0. The molecule has 0 aliphatic heterocycles. The van der Waals surface area contributed by atoms with E-state index in [4.69, 9.17) is 35.4 Å². The van der Waals surface area contributed by atoms with Crippen molar-refractivity contribution in [2.24, 2.45) is 0 Å². The lowest BCUT2D eigenvalue weighted by atomic mass is 10.2. The summed E-state index contributed by atoms with van der Waals surface area (Å²) in [5, 5.41) is 2.00. The molecule has 0 unspecified atom stereocenters. The summed E-state index contributed by atoms with van der Waals surface area (Å²) in [5.74, 6) is 2.99. The van der Waals surface area contributed by atoms with Crippen LogP contribution < -0.4 is 5.73 Å². The second kappa shape index (κ2) is 7.52. The Balaban J connectivity index is 2.07. The van der Waals surface area contributed by atoms with Crippen LogP contribution in [0.4, 0.5) is 5.82 Å². The lowest BCUT2D eigenvalue weighted by Gasteiger charge is -2.10. The van der Waals surface area contributed by atoms with Crippen molar-refractivity contribution in [3.8, 4) is 12.3 Å². The van der Waals surface area contributed by atoms with Crippen LogP contribution in [0.25, 0.3) is 11.2 Å². The Morgan fingerprint density at radius 2 is 2.12 bits per heavy atom. The van der Waals surface area contributed by atoms with E-state index < -0.39 is 0 Å². The quantitative estimate of drug-likeness (QED) is 0.508. The summed E-state index contributed by atoms with van der Waals surface area (Å²) in [6, 6.07) is 3.65. The first-order chi connectivity index (χ1) is 12.0. The fourth-order valence-electron chi connectivity index (χ4n) is 2.42. The van der Waals surface area contributed by atoms with Crippen LogP contribution in [0.5, 0.6) is 0 Å². The largest absolute Gasteiger partial charge is 0.382 e. The maximum absolute atomic E-state index is 6.43. The number of aryl methyl sites for hydroxylation is 2. The van der Waals surface area contributed by atoms with Crippen molar-refractivity contribution in [3.63, 3.8) is 0 Å². The predicted octanol–water partition coefficient (Wildman–Crippen LogP) is 4.59. The molecule has 0 aliphatic carbocycles. The fraction of sp³-hybridized carbons (Fsp3) is 0.235. The van der Waals surface area contributed by atoms with Gasteiger partial charge in [-0.3, -0.25) is 0 Å². The van der Waals surface area contributed by atoms with Gasteiger partial charge in [0.2, 0.25) is 0 Å². The Morgan fingerprint density at radius 1 is 1.32 bits per heavy atom. The van der Waals surface area contributed by atoms with Crippen molar-refractivity contribution in [1.82, 2.24) is 19.5 Å². The maximum atomic E-state index is 6.43. The van der Waals surface area contributed by atoms with Crippen molar-refractivity contribution < 1.29 is 0 Å². The molecule has 8 heteroatoms. The van der Waals surface area contributed by atoms with Crippen LogP contribution in [0.15, 0.2) is 28.5 Å². The lowest BCUT2D eigenvalue weighted by molar-refractivity contribution is 0.615. The number of fused-ring (bicyclic) bond motifs is 1. The number of terminal acetylenes is 1. The van der Waals surface area contributed by atoms with E-state index in [1.165, 1.54) is 18.1 Å². The first-order valence-corrected chi connectivity index (χ1v) is 9.12. The monoisotopic (exact) mass is 391 g/mol. The van der Waals surface area contributed by atoms with Gasteiger partial charge in [0.25, 0.3) is 0 Å². The summed E-state index contributed by atoms with van der Waals surface area (Å²) in [7, 11) is 0. The number of nitrogens with two attached hydrogens (primary N) is 1. The summed E-state index contributed by atoms with van der Waals surface area (Å²) in [6.07, 6.45) is 8.27. The van der Waals surface area contributed by atoms with Crippen LogP contribution in [0.2, 0.25) is 10.0 Å². The standard InChI is InChI=1S/C17H15Cl2N5S/c1-3-4-5-6-24-16-14(15(20)21-9-22-16)23-17(24)25-12-8-11(18)7-10(2)13(12)19/h1,7-9H,4-6H2,2H3,(H2,20,21,22). The summed E-state index contributed by atoms with van der Waals surface area (Å²) in [4.78, 5) is 13.8. The molecule has 2 N–H and O–H groups in total. The van der Waals surface area contributed by atoms with Gasteiger partial charge in [-0.05, 0) is 42.8 Å². The summed E-state index contributed by atoms with van der Waals surface area (Å²) in [5.41, 5.74) is 8.11. The zero-order valence-corrected chi connectivity index (χ0v) is 15.8. The Morgan fingerprint density at radius 3 is 2.88 bits per heavy atom. The van der Waals surface area contributed by atoms with Crippen molar-refractivity contribution >= 4 is 51.9 Å². The molecular formula is C17H15Cl2N5S. The lowest BCUT2D eigenvalue weighted by Crippen LogP contribution is -2.02. The van der Waals surface area contributed by atoms with Crippen LogP contribution in [0, 0.1) is 19.3 Å². The Bertz CT molecular complexity index is 977. The molecule has 0 amide bonds. The molecule has 0 spiro atoms. The molecule has 2 heterocycles. The highest BCUT2D eigenvalue weighted by Gasteiger charge is 2.17. The molecule has 0 bridgehead atoms. The Labute approximate surface area is 160 Å². The molecule has 5 nitrogen and oxygen atoms in total. The van der Waals surface area contributed by atoms with E-state index in [2.05, 4.69) is 20.9 Å². The molecule has 3 rings (SSSR count). The number of hydrogen-bond donors (Lipinski definition) is 1. The molecule has 3 aromatic rings. The van der Waals surface area contributed by atoms with Crippen molar-refractivity contribution in [1.29, 1.82) is 0 Å². The molecule has 2 aromatic heterocycles. The van der Waals surface area contributed by atoms with Gasteiger partial charge in [0.15, 0.2) is 22.1 Å². The second-order valence-corrected chi connectivity index (χ2v) is 7.25. The van der Waals surface area contributed by atoms with Gasteiger partial charge in [0.1, 0.15) is 6.33 Å². The zero-order chi connectivity index (χ0) is 18.0. The number of benzene rings is 1. The zero-order valence-electron chi connectivity index (χ0n) is 13.5. The number of rotatable bonds is 5. The molecule has 0 saturated heterocycles. The highest BCUT2D eigenvalue weighted by atomic mass is 35.5. The van der Waals surface area contributed by atoms with Gasteiger partial charge in [0, 0.05) is 22.9 Å². The molecular weight excluding hydrogens is 377 g/mol. The van der Waals surface area contributed by atoms with Gasteiger partial charge < -0.3 is 10.3 Å². The number of aromatic nitrogens is 4. The number of unbranched alkanes of at least 4 members (excludes halogenated alkanes) is 1. The van der Waals surface area contributed by atoms with Crippen LogP contribution in [-0.4, -0.2) is 19.5 Å². The van der Waals surface area contributed by atoms with Gasteiger partial charge in [-0.1, -0.05) is 23.2 Å². The van der Waals surface area contributed by atoms with Crippen LogP contribution >= 0.6 is 35.0 Å². The number of nitrogens with zero attached hydrogens (tertiary/aromatic N) is 4. The van der Waals surface area contributed by atoms with Crippen molar-refractivity contribution in [3.05, 3.63) is 34.1 Å². The minimum atomic E-state index is 0.343. The molecule has 0 atom stereocenters. The Kier molecular flexibility index (Phi) is 5.38. The minimum absolute atomic E-state index is 0.343. The number of anilines is 1. The molecule has 1 aromatic carbocycles. The van der Waals surface area contributed by atoms with E-state index in [1.54, 1.807) is 0 Å². The second-order valence-electron chi connectivity index (χ2n) is 5.42. The van der Waals surface area contributed by atoms with Gasteiger partial charge >= 0.3 is 0 Å². The highest BCUT2D eigenvalue weighted by molar-refractivity contribution is 7.99. The fourth-order valence-corrected chi connectivity index (χ4v) is 4.04. The van der Waals surface area contributed by atoms with E-state index >= 15 is 0 Å². The van der Waals surface area contributed by atoms with E-state index in [-0.39, 0.29) is 0 Å².